The van der Waals surface area contributed by atoms with Crippen molar-refractivity contribution >= 4 is 17.0 Å². The quantitative estimate of drug-likeness (QED) is 0.807. The summed E-state index contributed by atoms with van der Waals surface area (Å²) in [6.45, 7) is 2.93. The molecule has 1 aromatic heterocycles. The summed E-state index contributed by atoms with van der Waals surface area (Å²) in [5, 5.41) is 2.05. The molecule has 3 heterocycles. The first-order chi connectivity index (χ1) is 11.6. The molecular formula is C19H22F2N2S. The minimum absolute atomic E-state index is 0.0268. The first-order valence-corrected chi connectivity index (χ1v) is 9.39. The van der Waals surface area contributed by atoms with Crippen molar-refractivity contribution in [3.8, 4) is 0 Å². The Balaban J connectivity index is 1.53. The molecule has 128 valence electrons. The van der Waals surface area contributed by atoms with Gasteiger partial charge in [0.2, 0.25) is 0 Å². The minimum atomic E-state index is -2.58. The fourth-order valence-electron chi connectivity index (χ4n) is 4.10. The van der Waals surface area contributed by atoms with Gasteiger partial charge in [0.05, 0.1) is 5.41 Å². The van der Waals surface area contributed by atoms with Crippen LogP contribution in [0, 0.1) is 5.41 Å². The van der Waals surface area contributed by atoms with Gasteiger partial charge in [-0.15, -0.1) is 11.3 Å². The van der Waals surface area contributed by atoms with E-state index < -0.39 is 11.3 Å². The van der Waals surface area contributed by atoms with Crippen molar-refractivity contribution in [2.45, 2.75) is 25.3 Å². The first kappa shape index (κ1) is 16.0. The standard InChI is InChI=1S/C19H22F2N2S/c20-19(21)9-10-22(13-17-7-4-12-24-17)14-18(19)8-11-23(15-18)16-5-2-1-3-6-16/h1-7,12H,8-11,13-15H2/t18-/m1/s1. The smallest absolute Gasteiger partial charge is 0.257 e. The number of piperidine rings is 1. The van der Waals surface area contributed by atoms with Crippen LogP contribution in [0.15, 0.2) is 47.8 Å². The zero-order chi connectivity index (χ0) is 16.6. The molecule has 1 spiro atoms. The third-order valence-electron chi connectivity index (χ3n) is 5.48. The van der Waals surface area contributed by atoms with E-state index in [0.717, 1.165) is 12.2 Å². The van der Waals surface area contributed by atoms with E-state index in [1.807, 2.05) is 36.4 Å². The molecule has 2 nitrogen and oxygen atoms in total. The lowest BCUT2D eigenvalue weighted by Crippen LogP contribution is -2.56. The van der Waals surface area contributed by atoms with Crippen molar-refractivity contribution in [1.29, 1.82) is 0 Å². The lowest BCUT2D eigenvalue weighted by Gasteiger charge is -2.46. The predicted octanol–water partition coefficient (Wildman–Crippen LogP) is 4.49. The zero-order valence-corrected chi connectivity index (χ0v) is 14.4. The number of hydrogen-bond acceptors (Lipinski definition) is 3. The highest BCUT2D eigenvalue weighted by atomic mass is 32.1. The van der Waals surface area contributed by atoms with Gasteiger partial charge in [0.25, 0.3) is 5.92 Å². The molecule has 2 aromatic rings. The predicted molar refractivity (Wildman–Crippen MR) is 94.9 cm³/mol. The molecule has 0 N–H and O–H groups in total. The van der Waals surface area contributed by atoms with Crippen LogP contribution in [0.1, 0.15) is 17.7 Å². The summed E-state index contributed by atoms with van der Waals surface area (Å²) in [4.78, 5) is 5.61. The second-order valence-corrected chi connectivity index (χ2v) is 8.06. The molecule has 1 aromatic carbocycles. The molecule has 0 amide bonds. The van der Waals surface area contributed by atoms with E-state index in [-0.39, 0.29) is 6.42 Å². The topological polar surface area (TPSA) is 6.48 Å². The maximum atomic E-state index is 14.9. The van der Waals surface area contributed by atoms with Gasteiger partial charge < -0.3 is 4.90 Å². The molecular weight excluding hydrogens is 326 g/mol. The number of rotatable bonds is 3. The van der Waals surface area contributed by atoms with Gasteiger partial charge >= 0.3 is 0 Å². The molecule has 2 fully saturated rings. The summed E-state index contributed by atoms with van der Waals surface area (Å²) in [5.74, 6) is -2.58. The van der Waals surface area contributed by atoms with Crippen molar-refractivity contribution in [2.75, 3.05) is 31.1 Å². The molecule has 0 radical (unpaired) electrons. The van der Waals surface area contributed by atoms with Gasteiger partial charge in [0, 0.05) is 49.7 Å². The molecule has 2 aliphatic rings. The van der Waals surface area contributed by atoms with E-state index in [2.05, 4.69) is 21.2 Å². The van der Waals surface area contributed by atoms with Crippen molar-refractivity contribution in [3.63, 3.8) is 0 Å². The Hall–Kier alpha value is -1.46. The minimum Gasteiger partial charge on any atom is -0.371 e. The van der Waals surface area contributed by atoms with E-state index in [1.54, 1.807) is 11.3 Å². The molecule has 2 saturated heterocycles. The second-order valence-electron chi connectivity index (χ2n) is 7.03. The van der Waals surface area contributed by atoms with E-state index in [4.69, 9.17) is 0 Å². The van der Waals surface area contributed by atoms with Crippen LogP contribution in [0.2, 0.25) is 0 Å². The van der Waals surface area contributed by atoms with Gasteiger partial charge in [0.1, 0.15) is 0 Å². The maximum Gasteiger partial charge on any atom is 0.257 e. The van der Waals surface area contributed by atoms with Gasteiger partial charge in [-0.3, -0.25) is 4.90 Å². The summed E-state index contributed by atoms with van der Waals surface area (Å²) in [5.41, 5.74) is 0.138. The van der Waals surface area contributed by atoms with Crippen LogP contribution in [-0.2, 0) is 6.54 Å². The van der Waals surface area contributed by atoms with E-state index in [1.165, 1.54) is 4.88 Å². The monoisotopic (exact) mass is 348 g/mol. The van der Waals surface area contributed by atoms with Gasteiger partial charge in [-0.25, -0.2) is 8.78 Å². The summed E-state index contributed by atoms with van der Waals surface area (Å²) in [6.07, 6.45) is 0.539. The van der Waals surface area contributed by atoms with Crippen LogP contribution >= 0.6 is 11.3 Å². The third kappa shape index (κ3) is 2.84. The number of alkyl halides is 2. The van der Waals surface area contributed by atoms with Crippen LogP contribution < -0.4 is 4.90 Å². The normalized spacial score (nSPS) is 27.0. The van der Waals surface area contributed by atoms with Gasteiger partial charge in [0.15, 0.2) is 0 Å². The van der Waals surface area contributed by atoms with Crippen molar-refractivity contribution in [2.24, 2.45) is 5.41 Å². The summed E-state index contributed by atoms with van der Waals surface area (Å²) in [6, 6.07) is 14.1. The Morgan fingerprint density at radius 3 is 2.54 bits per heavy atom. The number of nitrogens with zero attached hydrogens (tertiary/aromatic N) is 2. The van der Waals surface area contributed by atoms with Crippen LogP contribution in [0.5, 0.6) is 0 Å². The van der Waals surface area contributed by atoms with Crippen molar-refractivity contribution in [3.05, 3.63) is 52.7 Å². The highest BCUT2D eigenvalue weighted by Crippen LogP contribution is 2.50. The average Bonchev–Trinajstić information content (AvgIpc) is 3.23. The fourth-order valence-corrected chi connectivity index (χ4v) is 4.85. The second kappa shape index (κ2) is 6.12. The molecule has 24 heavy (non-hydrogen) atoms. The molecule has 2 aliphatic heterocycles. The van der Waals surface area contributed by atoms with Crippen molar-refractivity contribution in [1.82, 2.24) is 4.90 Å². The van der Waals surface area contributed by atoms with E-state index in [0.29, 0.717) is 32.6 Å². The number of thiophene rings is 1. The third-order valence-corrected chi connectivity index (χ3v) is 6.34. The maximum absolute atomic E-state index is 14.9. The highest BCUT2D eigenvalue weighted by molar-refractivity contribution is 7.09. The largest absolute Gasteiger partial charge is 0.371 e. The Morgan fingerprint density at radius 2 is 1.79 bits per heavy atom. The van der Waals surface area contributed by atoms with Crippen molar-refractivity contribution < 1.29 is 8.78 Å². The molecule has 5 heteroatoms. The number of likely N-dealkylation sites (tertiary alicyclic amines) is 1. The number of benzene rings is 1. The summed E-state index contributed by atoms with van der Waals surface area (Å²) >= 11 is 1.71. The molecule has 1 atom stereocenters. The summed E-state index contributed by atoms with van der Waals surface area (Å²) in [7, 11) is 0. The Kier molecular flexibility index (Phi) is 4.09. The number of anilines is 1. The van der Waals surface area contributed by atoms with Crippen LogP contribution in [-0.4, -0.2) is 37.0 Å². The number of para-hydroxylation sites is 1. The molecule has 0 unspecified atom stereocenters. The van der Waals surface area contributed by atoms with E-state index in [9.17, 15) is 8.78 Å². The van der Waals surface area contributed by atoms with Gasteiger partial charge in [-0.05, 0) is 30.0 Å². The first-order valence-electron chi connectivity index (χ1n) is 8.51. The van der Waals surface area contributed by atoms with Gasteiger partial charge in [-0.1, -0.05) is 24.3 Å². The number of hydrogen-bond donors (Lipinski definition) is 0. The Morgan fingerprint density at radius 1 is 0.958 bits per heavy atom. The zero-order valence-electron chi connectivity index (χ0n) is 13.6. The number of halogens is 2. The fraction of sp³-hybridized carbons (Fsp3) is 0.474. The molecule has 0 aliphatic carbocycles. The molecule has 0 bridgehead atoms. The van der Waals surface area contributed by atoms with E-state index >= 15 is 0 Å². The summed E-state index contributed by atoms with van der Waals surface area (Å²) < 4.78 is 29.7. The Labute approximate surface area is 145 Å². The van der Waals surface area contributed by atoms with Crippen LogP contribution in [0.3, 0.4) is 0 Å². The highest BCUT2D eigenvalue weighted by Gasteiger charge is 2.59. The molecule has 4 rings (SSSR count). The lowest BCUT2D eigenvalue weighted by atomic mass is 9.75. The SMILES string of the molecule is FC1(F)CCN(Cc2cccs2)C[C@@]12CCN(c1ccccc1)C2. The Bertz CT molecular complexity index is 674. The van der Waals surface area contributed by atoms with Crippen LogP contribution in [0.25, 0.3) is 0 Å². The average molecular weight is 348 g/mol. The van der Waals surface area contributed by atoms with Gasteiger partial charge in [-0.2, -0.15) is 0 Å². The molecule has 0 saturated carbocycles. The lowest BCUT2D eigenvalue weighted by molar-refractivity contribution is -0.158. The van der Waals surface area contributed by atoms with Crippen LogP contribution in [0.4, 0.5) is 14.5 Å².